The van der Waals surface area contributed by atoms with Crippen LogP contribution in [-0.4, -0.2) is 21.1 Å². The van der Waals surface area contributed by atoms with E-state index in [1.54, 1.807) is 18.2 Å². The largest absolute Gasteiger partial charge is 0.339 e. The predicted molar refractivity (Wildman–Crippen MR) is 72.3 cm³/mol. The highest BCUT2D eigenvalue weighted by atomic mass is 19.1. The van der Waals surface area contributed by atoms with Crippen molar-refractivity contribution in [2.45, 2.75) is 0 Å². The number of benzene rings is 2. The number of carbonyl (C=O) groups excluding carboxylic acids is 1. The predicted octanol–water partition coefficient (Wildman–Crippen LogP) is 2.35. The normalized spacial score (nSPS) is 10.4. The SMILES string of the molecule is O=C(Nc1cccc(F)c1)Nn1nnc2ccccc21. The second-order valence-electron chi connectivity index (χ2n) is 4.07. The van der Waals surface area contributed by atoms with E-state index in [1.807, 2.05) is 12.1 Å². The average Bonchev–Trinajstić information content (AvgIpc) is 2.82. The minimum absolute atomic E-state index is 0.354. The third-order valence-corrected chi connectivity index (χ3v) is 2.64. The van der Waals surface area contributed by atoms with E-state index in [9.17, 15) is 9.18 Å². The molecule has 0 saturated heterocycles. The van der Waals surface area contributed by atoms with Crippen LogP contribution in [0.15, 0.2) is 48.5 Å². The van der Waals surface area contributed by atoms with Gasteiger partial charge in [0.05, 0.1) is 0 Å². The number of nitrogens with one attached hydrogen (secondary N) is 2. The highest BCUT2D eigenvalue weighted by Gasteiger charge is 2.07. The van der Waals surface area contributed by atoms with Crippen LogP contribution in [0.2, 0.25) is 0 Å². The molecule has 2 aromatic carbocycles. The Hall–Kier alpha value is -2.96. The number of fused-ring (bicyclic) bond motifs is 1. The van der Waals surface area contributed by atoms with Crippen molar-refractivity contribution >= 4 is 22.8 Å². The Labute approximate surface area is 113 Å². The molecule has 3 rings (SSSR count). The zero-order chi connectivity index (χ0) is 13.9. The first-order valence-electron chi connectivity index (χ1n) is 5.86. The van der Waals surface area contributed by atoms with Crippen LogP contribution in [0.25, 0.3) is 11.0 Å². The van der Waals surface area contributed by atoms with Crippen LogP contribution >= 0.6 is 0 Å². The Bertz CT molecular complexity index is 770. The van der Waals surface area contributed by atoms with Gasteiger partial charge in [0.1, 0.15) is 16.9 Å². The standard InChI is InChI=1S/C13H10FN5O/c14-9-4-3-5-10(8-9)15-13(20)17-19-12-7-2-1-6-11(12)16-18-19/h1-8H,(H2,15,17,20). The third kappa shape index (κ3) is 2.41. The Kier molecular flexibility index (Phi) is 3.00. The van der Waals surface area contributed by atoms with Gasteiger partial charge in [0.2, 0.25) is 0 Å². The molecule has 7 heteroatoms. The molecule has 100 valence electrons. The van der Waals surface area contributed by atoms with Crippen LogP contribution in [0.1, 0.15) is 0 Å². The lowest BCUT2D eigenvalue weighted by molar-refractivity contribution is 0.259. The van der Waals surface area contributed by atoms with E-state index in [2.05, 4.69) is 21.1 Å². The lowest BCUT2D eigenvalue weighted by atomic mass is 10.3. The van der Waals surface area contributed by atoms with E-state index in [-0.39, 0.29) is 0 Å². The van der Waals surface area contributed by atoms with Gasteiger partial charge in [0.15, 0.2) is 0 Å². The fourth-order valence-corrected chi connectivity index (χ4v) is 1.77. The highest BCUT2D eigenvalue weighted by molar-refractivity contribution is 5.95. The zero-order valence-electron chi connectivity index (χ0n) is 10.2. The van der Waals surface area contributed by atoms with Crippen molar-refractivity contribution in [2.75, 3.05) is 10.7 Å². The lowest BCUT2D eigenvalue weighted by Gasteiger charge is -2.07. The first-order valence-corrected chi connectivity index (χ1v) is 5.86. The summed E-state index contributed by atoms with van der Waals surface area (Å²) < 4.78 is 13.0. The van der Waals surface area contributed by atoms with Gasteiger partial charge < -0.3 is 5.32 Å². The first kappa shape index (κ1) is 12.1. The summed E-state index contributed by atoms with van der Waals surface area (Å²) in [6, 6.07) is 12.3. The van der Waals surface area contributed by atoms with Crippen LogP contribution in [0.3, 0.4) is 0 Å². The van der Waals surface area contributed by atoms with Crippen LogP contribution in [0.4, 0.5) is 14.9 Å². The smallest absolute Gasteiger partial charge is 0.306 e. The summed E-state index contributed by atoms with van der Waals surface area (Å²) in [5.74, 6) is -0.422. The maximum absolute atomic E-state index is 13.0. The van der Waals surface area contributed by atoms with Crippen molar-refractivity contribution in [3.63, 3.8) is 0 Å². The number of hydrogen-bond acceptors (Lipinski definition) is 3. The van der Waals surface area contributed by atoms with E-state index >= 15 is 0 Å². The quantitative estimate of drug-likeness (QED) is 0.751. The van der Waals surface area contributed by atoms with Crippen LogP contribution < -0.4 is 10.7 Å². The molecule has 0 spiro atoms. The number of para-hydroxylation sites is 1. The Morgan fingerprint density at radius 2 is 2.00 bits per heavy atom. The maximum atomic E-state index is 13.0. The van der Waals surface area contributed by atoms with E-state index in [1.165, 1.54) is 23.0 Å². The number of nitrogens with zero attached hydrogens (tertiary/aromatic N) is 3. The van der Waals surface area contributed by atoms with E-state index < -0.39 is 11.8 Å². The molecule has 0 aliphatic rings. The Morgan fingerprint density at radius 1 is 1.15 bits per heavy atom. The minimum atomic E-state index is -0.536. The van der Waals surface area contributed by atoms with Gasteiger partial charge >= 0.3 is 6.03 Å². The number of anilines is 1. The Balaban J connectivity index is 1.76. The van der Waals surface area contributed by atoms with Gasteiger partial charge in [-0.15, -0.1) is 9.89 Å². The zero-order valence-corrected chi connectivity index (χ0v) is 10.2. The summed E-state index contributed by atoms with van der Waals surface area (Å²) in [6.45, 7) is 0. The van der Waals surface area contributed by atoms with Crippen LogP contribution in [0, 0.1) is 5.82 Å². The maximum Gasteiger partial charge on any atom is 0.339 e. The van der Waals surface area contributed by atoms with Crippen molar-refractivity contribution in [2.24, 2.45) is 0 Å². The van der Waals surface area contributed by atoms with Crippen LogP contribution in [-0.2, 0) is 0 Å². The van der Waals surface area contributed by atoms with Crippen molar-refractivity contribution in [1.29, 1.82) is 0 Å². The third-order valence-electron chi connectivity index (χ3n) is 2.64. The molecule has 0 atom stereocenters. The van der Waals surface area contributed by atoms with Crippen molar-refractivity contribution in [3.8, 4) is 0 Å². The molecule has 1 aromatic heterocycles. The molecule has 0 saturated carbocycles. The van der Waals surface area contributed by atoms with Crippen molar-refractivity contribution in [3.05, 3.63) is 54.3 Å². The molecular formula is C13H10FN5O. The summed E-state index contributed by atoms with van der Waals surface area (Å²) in [5.41, 5.74) is 4.19. The molecule has 0 bridgehead atoms. The second kappa shape index (κ2) is 4.96. The molecule has 6 nitrogen and oxygen atoms in total. The summed E-state index contributed by atoms with van der Waals surface area (Å²) in [4.78, 5) is 13.1. The van der Waals surface area contributed by atoms with Gasteiger partial charge in [0, 0.05) is 5.69 Å². The first-order chi connectivity index (χ1) is 9.72. The molecule has 3 aromatic rings. The van der Waals surface area contributed by atoms with Gasteiger partial charge in [0.25, 0.3) is 0 Å². The fourth-order valence-electron chi connectivity index (χ4n) is 1.77. The van der Waals surface area contributed by atoms with Gasteiger partial charge in [-0.25, -0.2) is 14.6 Å². The molecule has 2 amide bonds. The van der Waals surface area contributed by atoms with Gasteiger partial charge in [-0.05, 0) is 35.5 Å². The second-order valence-corrected chi connectivity index (χ2v) is 4.07. The molecule has 0 aliphatic carbocycles. The number of hydrogen-bond donors (Lipinski definition) is 2. The average molecular weight is 271 g/mol. The minimum Gasteiger partial charge on any atom is -0.306 e. The van der Waals surface area contributed by atoms with Crippen molar-refractivity contribution < 1.29 is 9.18 Å². The molecule has 0 radical (unpaired) electrons. The Morgan fingerprint density at radius 3 is 2.85 bits per heavy atom. The van der Waals surface area contributed by atoms with Crippen LogP contribution in [0.5, 0.6) is 0 Å². The number of urea groups is 1. The topological polar surface area (TPSA) is 71.8 Å². The number of rotatable bonds is 2. The summed E-state index contributed by atoms with van der Waals surface area (Å²) >= 11 is 0. The number of halogens is 1. The van der Waals surface area contributed by atoms with E-state index in [0.717, 1.165) is 0 Å². The highest BCUT2D eigenvalue weighted by Crippen LogP contribution is 2.10. The summed E-state index contributed by atoms with van der Waals surface area (Å²) in [6.07, 6.45) is 0. The fraction of sp³-hybridized carbons (Fsp3) is 0. The van der Waals surface area contributed by atoms with Gasteiger partial charge in [-0.3, -0.25) is 0 Å². The van der Waals surface area contributed by atoms with E-state index in [0.29, 0.717) is 16.7 Å². The molecule has 0 aliphatic heterocycles. The van der Waals surface area contributed by atoms with Gasteiger partial charge in [-0.2, -0.15) is 0 Å². The molecule has 0 unspecified atom stereocenters. The monoisotopic (exact) mass is 271 g/mol. The molecule has 1 heterocycles. The lowest BCUT2D eigenvalue weighted by Crippen LogP contribution is -2.28. The van der Waals surface area contributed by atoms with Gasteiger partial charge in [-0.1, -0.05) is 18.2 Å². The summed E-state index contributed by atoms with van der Waals surface area (Å²) in [7, 11) is 0. The van der Waals surface area contributed by atoms with Crippen molar-refractivity contribution in [1.82, 2.24) is 15.1 Å². The molecule has 20 heavy (non-hydrogen) atoms. The number of aromatic nitrogens is 3. The molecule has 2 N–H and O–H groups in total. The summed E-state index contributed by atoms with van der Waals surface area (Å²) in [5, 5.41) is 10.2. The number of carbonyl (C=O) groups is 1. The molecule has 0 fully saturated rings. The van der Waals surface area contributed by atoms with E-state index in [4.69, 9.17) is 0 Å². The number of amides is 2. The molecular weight excluding hydrogens is 261 g/mol.